The smallest absolute Gasteiger partial charge is 0.230 e. The number of nitrogens with zero attached hydrogens (tertiary/aromatic N) is 1. The predicted molar refractivity (Wildman–Crippen MR) is 97.7 cm³/mol. The van der Waals surface area contributed by atoms with Gasteiger partial charge < -0.3 is 0 Å². The molecule has 117 valence electrons. The third kappa shape index (κ3) is 1.97. The molecule has 0 bridgehead atoms. The van der Waals surface area contributed by atoms with Crippen LogP contribution in [0.2, 0.25) is 0 Å². The molecular weight excluding hydrogens is 294 g/mol. The molecule has 0 aromatic heterocycles. The van der Waals surface area contributed by atoms with Crippen molar-refractivity contribution in [3.8, 4) is 11.1 Å². The second-order valence-corrected chi connectivity index (χ2v) is 6.35. The fourth-order valence-corrected chi connectivity index (χ4v) is 3.92. The summed E-state index contributed by atoms with van der Waals surface area (Å²) in [6.45, 7) is 4.37. The molecule has 2 nitrogen and oxygen atoms in total. The van der Waals surface area contributed by atoms with Crippen LogP contribution in [-0.4, -0.2) is 5.91 Å². The number of carbonyl (C=O) groups excluding carboxylic acids is 1. The number of fused-ring (bicyclic) bond motifs is 3. The first kappa shape index (κ1) is 14.9. The quantitative estimate of drug-likeness (QED) is 0.597. The molecule has 4 rings (SSSR count). The second-order valence-electron chi connectivity index (χ2n) is 6.35. The van der Waals surface area contributed by atoms with Gasteiger partial charge in [-0.05, 0) is 25.1 Å². The summed E-state index contributed by atoms with van der Waals surface area (Å²) in [7, 11) is 0. The van der Waals surface area contributed by atoms with Crippen molar-refractivity contribution in [2.45, 2.75) is 20.4 Å². The van der Waals surface area contributed by atoms with Crippen LogP contribution in [0.4, 0.5) is 11.4 Å². The van der Waals surface area contributed by atoms with Crippen molar-refractivity contribution in [3.63, 3.8) is 0 Å². The Morgan fingerprint density at radius 3 is 2.42 bits per heavy atom. The van der Waals surface area contributed by atoms with Gasteiger partial charge in [-0.25, -0.2) is 4.79 Å². The molecule has 2 heteroatoms. The Balaban J connectivity index is 2.05. The molecule has 0 aliphatic carbocycles. The average Bonchev–Trinajstić information content (AvgIpc) is 2.89. The first-order valence-corrected chi connectivity index (χ1v) is 8.19. The fourth-order valence-electron chi connectivity index (χ4n) is 3.92. The summed E-state index contributed by atoms with van der Waals surface area (Å²) in [5.74, 6) is 0.132. The Morgan fingerprint density at radius 1 is 0.958 bits per heavy atom. The van der Waals surface area contributed by atoms with E-state index in [1.54, 1.807) is 6.92 Å². The predicted octanol–water partition coefficient (Wildman–Crippen LogP) is 5.16. The van der Waals surface area contributed by atoms with E-state index in [9.17, 15) is 4.79 Å². The van der Waals surface area contributed by atoms with Crippen molar-refractivity contribution < 1.29 is 4.79 Å². The number of quaternary nitrogens is 1. The van der Waals surface area contributed by atoms with Gasteiger partial charge in [-0.2, -0.15) is 4.48 Å². The summed E-state index contributed by atoms with van der Waals surface area (Å²) in [5, 5.41) is 0. The van der Waals surface area contributed by atoms with Crippen LogP contribution in [-0.2, 0) is 11.3 Å². The Kier molecular flexibility index (Phi) is 3.36. The number of amides is 1. The zero-order chi connectivity index (χ0) is 16.7. The maximum atomic E-state index is 13.0. The topological polar surface area (TPSA) is 17.1 Å². The van der Waals surface area contributed by atoms with Gasteiger partial charge in [0.15, 0.2) is 11.4 Å². The zero-order valence-corrected chi connectivity index (χ0v) is 13.9. The maximum absolute atomic E-state index is 13.0. The average molecular weight is 313 g/mol. The Bertz CT molecular complexity index is 930. The lowest BCUT2D eigenvalue weighted by Crippen LogP contribution is -2.46. The molecule has 1 aliphatic rings. The summed E-state index contributed by atoms with van der Waals surface area (Å²) >= 11 is 0. The van der Waals surface area contributed by atoms with Crippen LogP contribution in [0.15, 0.2) is 66.7 Å². The number of aryl methyl sites for hydroxylation is 1. The molecule has 0 fully saturated rings. The Labute approximate surface area is 142 Å². The minimum Gasteiger partial charge on any atom is -0.230 e. The van der Waals surface area contributed by atoms with E-state index in [0.717, 1.165) is 33.6 Å². The summed E-state index contributed by atoms with van der Waals surface area (Å²) in [4.78, 5) is 13.0. The van der Waals surface area contributed by atoms with Crippen molar-refractivity contribution in [1.29, 1.82) is 0 Å². The monoisotopic (exact) mass is 313 g/mol. The number of hydrogen-bond acceptors (Lipinski definition) is 1. The minimum atomic E-state index is 0.132. The van der Waals surface area contributed by atoms with Gasteiger partial charge in [0.25, 0.3) is 0 Å². The molecule has 24 heavy (non-hydrogen) atoms. The Hall–Kier alpha value is -2.71. The van der Waals surface area contributed by atoms with E-state index in [1.165, 1.54) is 0 Å². The summed E-state index contributed by atoms with van der Waals surface area (Å²) < 4.78 is 0.235. The van der Waals surface area contributed by atoms with Crippen molar-refractivity contribution in [3.05, 3.63) is 83.9 Å². The lowest BCUT2D eigenvalue weighted by Gasteiger charge is -2.32. The molecule has 1 radical (unpaired) electrons. The van der Waals surface area contributed by atoms with E-state index in [0.29, 0.717) is 6.54 Å². The highest BCUT2D eigenvalue weighted by Crippen LogP contribution is 2.55. The molecule has 0 spiro atoms. The molecule has 1 aliphatic heterocycles. The molecule has 3 aromatic carbocycles. The molecule has 1 heterocycles. The number of carbonyl (C=O) groups is 1. The Morgan fingerprint density at radius 2 is 1.67 bits per heavy atom. The van der Waals surface area contributed by atoms with Crippen LogP contribution >= 0.6 is 0 Å². The van der Waals surface area contributed by atoms with Crippen molar-refractivity contribution >= 4 is 17.3 Å². The summed E-state index contributed by atoms with van der Waals surface area (Å²) in [5.41, 5.74) is 6.61. The van der Waals surface area contributed by atoms with Crippen LogP contribution in [0.25, 0.3) is 11.1 Å². The van der Waals surface area contributed by atoms with Gasteiger partial charge in [-0.15, -0.1) is 0 Å². The highest BCUT2D eigenvalue weighted by atomic mass is 16.2. The van der Waals surface area contributed by atoms with E-state index < -0.39 is 0 Å². The fraction of sp³-hybridized carbons (Fsp3) is 0.136. The lowest BCUT2D eigenvalue weighted by atomic mass is 10.0. The van der Waals surface area contributed by atoms with Gasteiger partial charge in [-0.1, -0.05) is 48.5 Å². The van der Waals surface area contributed by atoms with Gasteiger partial charge >= 0.3 is 5.91 Å². The van der Waals surface area contributed by atoms with Crippen LogP contribution in [0.1, 0.15) is 18.1 Å². The van der Waals surface area contributed by atoms with Gasteiger partial charge in [0.1, 0.15) is 6.54 Å². The number of rotatable bonds is 2. The van der Waals surface area contributed by atoms with Gasteiger partial charge in [-0.3, -0.25) is 0 Å². The zero-order valence-electron chi connectivity index (χ0n) is 13.9. The first-order valence-electron chi connectivity index (χ1n) is 8.19. The van der Waals surface area contributed by atoms with Crippen LogP contribution in [0.3, 0.4) is 0 Å². The summed E-state index contributed by atoms with van der Waals surface area (Å²) in [6.07, 6.45) is 0. The third-order valence-electron chi connectivity index (χ3n) is 4.95. The maximum Gasteiger partial charge on any atom is 0.321 e. The standard InChI is InChI=1S/C22H19NO/c1-16-9-8-13-20-19-12-6-7-14-21(19)23(17(2)24,22(16)20)15-18-10-4-3-5-11-18/h3-8,10-14H,15H2,1-2H3/q+1. The summed E-state index contributed by atoms with van der Waals surface area (Å²) in [6, 6.07) is 25.8. The molecule has 1 unspecified atom stereocenters. The van der Waals surface area contributed by atoms with E-state index in [-0.39, 0.29) is 10.4 Å². The molecule has 1 atom stereocenters. The molecule has 0 saturated carbocycles. The van der Waals surface area contributed by atoms with Gasteiger partial charge in [0, 0.05) is 22.8 Å². The second kappa shape index (κ2) is 5.43. The van der Waals surface area contributed by atoms with Crippen molar-refractivity contribution in [2.24, 2.45) is 0 Å². The SMILES string of the molecule is CC(=O)[N+]1(Cc2ccccc2)c2ccccc2-c2cc[c]c(C)c21. The molecular formula is C22H19NO+. The van der Waals surface area contributed by atoms with Crippen molar-refractivity contribution in [1.82, 2.24) is 4.48 Å². The van der Waals surface area contributed by atoms with Crippen molar-refractivity contribution in [2.75, 3.05) is 0 Å². The van der Waals surface area contributed by atoms with E-state index in [1.807, 2.05) is 43.3 Å². The molecule has 3 aromatic rings. The molecule has 1 amide bonds. The van der Waals surface area contributed by atoms with Crippen LogP contribution in [0, 0.1) is 13.0 Å². The van der Waals surface area contributed by atoms with E-state index >= 15 is 0 Å². The number of benzene rings is 3. The van der Waals surface area contributed by atoms with Crippen LogP contribution in [0.5, 0.6) is 0 Å². The number of hydrogen-bond donors (Lipinski definition) is 0. The highest BCUT2D eigenvalue weighted by molar-refractivity contribution is 6.07. The van der Waals surface area contributed by atoms with E-state index in [4.69, 9.17) is 0 Å². The first-order chi connectivity index (χ1) is 11.6. The minimum absolute atomic E-state index is 0.132. The molecule has 0 N–H and O–H groups in total. The number of para-hydroxylation sites is 1. The van der Waals surface area contributed by atoms with Gasteiger partial charge in [0.2, 0.25) is 0 Å². The molecule has 0 saturated heterocycles. The normalized spacial score (nSPS) is 18.1. The lowest BCUT2D eigenvalue weighted by molar-refractivity contribution is -0.125. The van der Waals surface area contributed by atoms with Gasteiger partial charge in [0.05, 0.1) is 12.5 Å². The van der Waals surface area contributed by atoms with E-state index in [2.05, 4.69) is 36.4 Å². The largest absolute Gasteiger partial charge is 0.321 e. The third-order valence-corrected chi connectivity index (χ3v) is 4.95. The highest BCUT2D eigenvalue weighted by Gasteiger charge is 2.48. The van der Waals surface area contributed by atoms with Crippen LogP contribution < -0.4 is 4.48 Å².